The molecule has 28 heavy (non-hydrogen) atoms. The summed E-state index contributed by atoms with van der Waals surface area (Å²) in [5.74, 6) is 2.89. The first-order valence-corrected chi connectivity index (χ1v) is 11.3. The standard InChI is InChI=1S/C22H36N4O2/c1-2-5-20(6-3-1)24-22(23-10-8-21-7-4-14-28-21)26-11-9-19(18-26)17-25-12-15-27-16-13-25/h4,7,14,19-20H,1-3,5-6,8-13,15-18H2,(H,23,24). The Balaban J connectivity index is 1.33. The van der Waals surface area contributed by atoms with Gasteiger partial charge in [0, 0.05) is 51.7 Å². The van der Waals surface area contributed by atoms with Gasteiger partial charge in [-0.05, 0) is 37.3 Å². The molecule has 1 N–H and O–H groups in total. The fourth-order valence-corrected chi connectivity index (χ4v) is 4.72. The van der Waals surface area contributed by atoms with Crippen molar-refractivity contribution in [3.8, 4) is 0 Å². The van der Waals surface area contributed by atoms with Crippen LogP contribution in [0.5, 0.6) is 0 Å². The molecule has 6 heteroatoms. The molecular formula is C22H36N4O2. The largest absolute Gasteiger partial charge is 0.469 e. The van der Waals surface area contributed by atoms with Gasteiger partial charge in [0.1, 0.15) is 5.76 Å². The predicted octanol–water partition coefficient (Wildman–Crippen LogP) is 2.75. The number of hydrogen-bond donors (Lipinski definition) is 1. The number of aliphatic imine (C=N–C) groups is 1. The van der Waals surface area contributed by atoms with Gasteiger partial charge in [0.15, 0.2) is 5.96 Å². The van der Waals surface area contributed by atoms with Gasteiger partial charge in [0.25, 0.3) is 0 Å². The third kappa shape index (κ3) is 5.74. The van der Waals surface area contributed by atoms with Crippen LogP contribution in [-0.4, -0.2) is 74.3 Å². The van der Waals surface area contributed by atoms with Gasteiger partial charge in [-0.1, -0.05) is 19.3 Å². The van der Waals surface area contributed by atoms with E-state index in [1.807, 2.05) is 12.1 Å². The summed E-state index contributed by atoms with van der Waals surface area (Å²) in [5, 5.41) is 3.81. The molecule has 0 radical (unpaired) electrons. The molecule has 3 heterocycles. The Bertz CT molecular complexity index is 592. The van der Waals surface area contributed by atoms with Crippen LogP contribution in [0.4, 0.5) is 0 Å². The first-order valence-electron chi connectivity index (χ1n) is 11.3. The number of nitrogens with zero attached hydrogens (tertiary/aromatic N) is 3. The van der Waals surface area contributed by atoms with Crippen LogP contribution in [0, 0.1) is 5.92 Å². The van der Waals surface area contributed by atoms with Gasteiger partial charge in [-0.3, -0.25) is 9.89 Å². The van der Waals surface area contributed by atoms with Gasteiger partial charge in [-0.2, -0.15) is 0 Å². The van der Waals surface area contributed by atoms with Gasteiger partial charge in [-0.25, -0.2) is 0 Å². The number of likely N-dealkylation sites (tertiary alicyclic amines) is 1. The smallest absolute Gasteiger partial charge is 0.194 e. The average Bonchev–Trinajstić information content (AvgIpc) is 3.41. The number of nitrogens with one attached hydrogen (secondary N) is 1. The molecule has 2 saturated heterocycles. The summed E-state index contributed by atoms with van der Waals surface area (Å²) >= 11 is 0. The highest BCUT2D eigenvalue weighted by atomic mass is 16.5. The molecule has 1 atom stereocenters. The number of guanidine groups is 1. The van der Waals surface area contributed by atoms with Crippen molar-refractivity contribution in [3.05, 3.63) is 24.2 Å². The van der Waals surface area contributed by atoms with Crippen LogP contribution in [0.3, 0.4) is 0 Å². The molecule has 2 aliphatic heterocycles. The van der Waals surface area contributed by atoms with Crippen molar-refractivity contribution in [1.29, 1.82) is 0 Å². The minimum absolute atomic E-state index is 0.592. The zero-order chi connectivity index (χ0) is 19.0. The molecule has 6 nitrogen and oxygen atoms in total. The Morgan fingerprint density at radius 3 is 2.75 bits per heavy atom. The third-order valence-electron chi connectivity index (χ3n) is 6.34. The molecule has 0 spiro atoms. The average molecular weight is 389 g/mol. The summed E-state index contributed by atoms with van der Waals surface area (Å²) in [6.45, 7) is 8.17. The lowest BCUT2D eigenvalue weighted by atomic mass is 9.96. The van der Waals surface area contributed by atoms with Gasteiger partial charge < -0.3 is 19.4 Å². The molecule has 3 fully saturated rings. The van der Waals surface area contributed by atoms with Crippen LogP contribution >= 0.6 is 0 Å². The molecule has 1 aliphatic carbocycles. The topological polar surface area (TPSA) is 53.2 Å². The van der Waals surface area contributed by atoms with Crippen LogP contribution in [0.25, 0.3) is 0 Å². The maximum absolute atomic E-state index is 5.49. The van der Waals surface area contributed by atoms with Gasteiger partial charge in [0.05, 0.1) is 19.5 Å². The molecule has 0 amide bonds. The van der Waals surface area contributed by atoms with E-state index in [0.717, 1.165) is 70.0 Å². The summed E-state index contributed by atoms with van der Waals surface area (Å²) in [6, 6.07) is 4.59. The number of rotatable bonds is 6. The maximum atomic E-state index is 5.49. The molecule has 1 aromatic heterocycles. The number of morpholine rings is 1. The van der Waals surface area contributed by atoms with Crippen molar-refractivity contribution in [2.45, 2.75) is 51.0 Å². The lowest BCUT2D eigenvalue weighted by Gasteiger charge is -2.31. The minimum Gasteiger partial charge on any atom is -0.469 e. The lowest BCUT2D eigenvalue weighted by Crippen LogP contribution is -2.46. The van der Waals surface area contributed by atoms with E-state index in [0.29, 0.717) is 6.04 Å². The Hall–Kier alpha value is -1.53. The summed E-state index contributed by atoms with van der Waals surface area (Å²) in [4.78, 5) is 10.1. The molecule has 1 unspecified atom stereocenters. The Morgan fingerprint density at radius 2 is 1.96 bits per heavy atom. The first kappa shape index (κ1) is 19.8. The van der Waals surface area contributed by atoms with Gasteiger partial charge in [0.2, 0.25) is 0 Å². The van der Waals surface area contributed by atoms with E-state index in [1.165, 1.54) is 45.1 Å². The Kier molecular flexibility index (Phi) is 7.28. The van der Waals surface area contributed by atoms with E-state index in [2.05, 4.69) is 15.1 Å². The summed E-state index contributed by atoms with van der Waals surface area (Å²) in [7, 11) is 0. The van der Waals surface area contributed by atoms with Crippen molar-refractivity contribution in [2.75, 3.05) is 52.5 Å². The molecular weight excluding hydrogens is 352 g/mol. The third-order valence-corrected chi connectivity index (χ3v) is 6.34. The number of furan rings is 1. The van der Waals surface area contributed by atoms with Crippen molar-refractivity contribution < 1.29 is 9.15 Å². The van der Waals surface area contributed by atoms with E-state index < -0.39 is 0 Å². The summed E-state index contributed by atoms with van der Waals surface area (Å²) in [5.41, 5.74) is 0. The van der Waals surface area contributed by atoms with E-state index in [9.17, 15) is 0 Å². The maximum Gasteiger partial charge on any atom is 0.194 e. The zero-order valence-electron chi connectivity index (χ0n) is 17.2. The summed E-state index contributed by atoms with van der Waals surface area (Å²) < 4.78 is 11.0. The fraction of sp³-hybridized carbons (Fsp3) is 0.773. The quantitative estimate of drug-likeness (QED) is 0.600. The second-order valence-electron chi connectivity index (χ2n) is 8.53. The zero-order valence-corrected chi connectivity index (χ0v) is 17.2. The normalized spacial score (nSPS) is 25.4. The van der Waals surface area contributed by atoms with Crippen molar-refractivity contribution in [3.63, 3.8) is 0 Å². The van der Waals surface area contributed by atoms with E-state index in [1.54, 1.807) is 6.26 Å². The van der Waals surface area contributed by atoms with Crippen LogP contribution in [0.1, 0.15) is 44.3 Å². The van der Waals surface area contributed by atoms with Crippen LogP contribution in [0.2, 0.25) is 0 Å². The van der Waals surface area contributed by atoms with Crippen molar-refractivity contribution in [1.82, 2.24) is 15.1 Å². The van der Waals surface area contributed by atoms with Crippen LogP contribution < -0.4 is 5.32 Å². The first-order chi connectivity index (χ1) is 13.9. The molecule has 156 valence electrons. The molecule has 1 saturated carbocycles. The predicted molar refractivity (Wildman–Crippen MR) is 112 cm³/mol. The molecule has 1 aromatic rings. The SMILES string of the molecule is c1coc(CCN=C(NC2CCCCC2)N2CCC(CN3CCOCC3)C2)c1. The Labute approximate surface area is 169 Å². The second kappa shape index (κ2) is 10.3. The molecule has 4 rings (SSSR count). The van der Waals surface area contributed by atoms with Crippen molar-refractivity contribution in [2.24, 2.45) is 10.9 Å². The van der Waals surface area contributed by atoms with Crippen LogP contribution in [0.15, 0.2) is 27.8 Å². The van der Waals surface area contributed by atoms with Crippen molar-refractivity contribution >= 4 is 5.96 Å². The van der Waals surface area contributed by atoms with E-state index >= 15 is 0 Å². The molecule has 0 bridgehead atoms. The highest BCUT2D eigenvalue weighted by Gasteiger charge is 2.28. The molecule has 0 aromatic carbocycles. The second-order valence-corrected chi connectivity index (χ2v) is 8.53. The Morgan fingerprint density at radius 1 is 1.11 bits per heavy atom. The van der Waals surface area contributed by atoms with Crippen LogP contribution in [-0.2, 0) is 11.2 Å². The number of hydrogen-bond acceptors (Lipinski definition) is 4. The van der Waals surface area contributed by atoms with Gasteiger partial charge >= 0.3 is 0 Å². The van der Waals surface area contributed by atoms with Gasteiger partial charge in [-0.15, -0.1) is 0 Å². The summed E-state index contributed by atoms with van der Waals surface area (Å²) in [6.07, 6.45) is 10.5. The highest BCUT2D eigenvalue weighted by Crippen LogP contribution is 2.21. The lowest BCUT2D eigenvalue weighted by molar-refractivity contribution is 0.0315. The number of ether oxygens (including phenoxy) is 1. The monoisotopic (exact) mass is 388 g/mol. The highest BCUT2D eigenvalue weighted by molar-refractivity contribution is 5.80. The van der Waals surface area contributed by atoms with E-state index in [-0.39, 0.29) is 0 Å². The fourth-order valence-electron chi connectivity index (χ4n) is 4.72. The molecule has 3 aliphatic rings. The van der Waals surface area contributed by atoms with E-state index in [4.69, 9.17) is 14.1 Å². The minimum atomic E-state index is 0.592.